The molecule has 0 aliphatic carbocycles. The summed E-state index contributed by atoms with van der Waals surface area (Å²) in [5, 5.41) is 2.81. The zero-order valence-electron chi connectivity index (χ0n) is 19.2. The third-order valence-corrected chi connectivity index (χ3v) is 7.73. The van der Waals surface area contributed by atoms with Crippen molar-refractivity contribution in [3.05, 3.63) is 89.5 Å². The fourth-order valence-corrected chi connectivity index (χ4v) is 5.06. The Bertz CT molecular complexity index is 1300. The van der Waals surface area contributed by atoms with Gasteiger partial charge in [0, 0.05) is 37.0 Å². The maximum absolute atomic E-state index is 12.9. The van der Waals surface area contributed by atoms with Gasteiger partial charge in [0.1, 0.15) is 0 Å². The number of hydrogen-bond acceptors (Lipinski definition) is 4. The third-order valence-electron chi connectivity index (χ3n) is 5.93. The average molecular weight is 478 g/mol. The number of nitrogens with zero attached hydrogens (tertiary/aromatic N) is 2. The van der Waals surface area contributed by atoms with Gasteiger partial charge in [-0.2, -0.15) is 0 Å². The molecule has 8 heteroatoms. The molecular weight excluding hydrogens is 450 g/mol. The zero-order valence-corrected chi connectivity index (χ0v) is 20.0. The standard InChI is InChI=1S/C26H27N3O4S/c1-19-8-14-24(15-9-19)34(32,33)28(2)23-12-10-20(11-13-23)25(30)27-22-7-5-6-21(18-22)26(31)29-16-3-4-17-29/h5-15,18H,3-4,16-17H2,1-2H3,(H,27,30). The number of amides is 2. The van der Waals surface area contributed by atoms with Crippen molar-refractivity contribution in [1.29, 1.82) is 0 Å². The molecule has 3 aromatic rings. The first-order valence-electron chi connectivity index (χ1n) is 11.1. The lowest BCUT2D eigenvalue weighted by Gasteiger charge is -2.20. The first-order valence-corrected chi connectivity index (χ1v) is 12.6. The van der Waals surface area contributed by atoms with Crippen molar-refractivity contribution in [2.24, 2.45) is 0 Å². The Morgan fingerprint density at radius 2 is 1.53 bits per heavy atom. The van der Waals surface area contributed by atoms with Crippen LogP contribution < -0.4 is 9.62 Å². The van der Waals surface area contributed by atoms with Crippen LogP contribution in [0.2, 0.25) is 0 Å². The van der Waals surface area contributed by atoms with E-state index in [1.807, 2.05) is 11.8 Å². The van der Waals surface area contributed by atoms with Gasteiger partial charge in [0.2, 0.25) is 0 Å². The van der Waals surface area contributed by atoms with Crippen LogP contribution >= 0.6 is 0 Å². The van der Waals surface area contributed by atoms with Crippen molar-refractivity contribution < 1.29 is 18.0 Å². The maximum Gasteiger partial charge on any atom is 0.264 e. The van der Waals surface area contributed by atoms with E-state index in [4.69, 9.17) is 0 Å². The Labute approximate surface area is 200 Å². The molecular formula is C26H27N3O4S. The second-order valence-electron chi connectivity index (χ2n) is 8.37. The number of likely N-dealkylation sites (tertiary alicyclic amines) is 1. The quantitative estimate of drug-likeness (QED) is 0.573. The summed E-state index contributed by atoms with van der Waals surface area (Å²) < 4.78 is 27.0. The molecule has 4 rings (SSSR count). The van der Waals surface area contributed by atoms with Crippen molar-refractivity contribution in [2.45, 2.75) is 24.7 Å². The lowest BCUT2D eigenvalue weighted by molar-refractivity contribution is 0.0792. The first kappa shape index (κ1) is 23.5. The van der Waals surface area contributed by atoms with E-state index in [1.54, 1.807) is 72.8 Å². The number of benzene rings is 3. The van der Waals surface area contributed by atoms with Crippen LogP contribution in [0.25, 0.3) is 0 Å². The molecule has 1 aliphatic rings. The second-order valence-corrected chi connectivity index (χ2v) is 10.3. The third kappa shape index (κ3) is 4.97. The van der Waals surface area contributed by atoms with Crippen molar-refractivity contribution in [3.63, 3.8) is 0 Å². The van der Waals surface area contributed by atoms with Crippen molar-refractivity contribution in [3.8, 4) is 0 Å². The van der Waals surface area contributed by atoms with E-state index < -0.39 is 10.0 Å². The number of carbonyl (C=O) groups excluding carboxylic acids is 2. The van der Waals surface area contributed by atoms with Gasteiger partial charge in [-0.25, -0.2) is 8.42 Å². The van der Waals surface area contributed by atoms with Gasteiger partial charge in [-0.1, -0.05) is 23.8 Å². The Kier molecular flexibility index (Phi) is 6.70. The van der Waals surface area contributed by atoms with Crippen LogP contribution in [0, 0.1) is 6.92 Å². The number of carbonyl (C=O) groups is 2. The number of anilines is 2. The van der Waals surface area contributed by atoms with E-state index >= 15 is 0 Å². The van der Waals surface area contributed by atoms with Gasteiger partial charge in [-0.3, -0.25) is 13.9 Å². The molecule has 1 heterocycles. The highest BCUT2D eigenvalue weighted by Crippen LogP contribution is 2.23. The molecule has 3 aromatic carbocycles. The van der Waals surface area contributed by atoms with E-state index in [0.29, 0.717) is 22.5 Å². The molecule has 176 valence electrons. The van der Waals surface area contributed by atoms with Crippen molar-refractivity contribution in [1.82, 2.24) is 4.90 Å². The van der Waals surface area contributed by atoms with Crippen LogP contribution in [0.4, 0.5) is 11.4 Å². The monoisotopic (exact) mass is 477 g/mol. The second kappa shape index (κ2) is 9.69. The number of hydrogen-bond donors (Lipinski definition) is 1. The molecule has 0 radical (unpaired) electrons. The van der Waals surface area contributed by atoms with Crippen LogP contribution in [0.15, 0.2) is 77.7 Å². The van der Waals surface area contributed by atoms with Crippen molar-refractivity contribution >= 4 is 33.2 Å². The van der Waals surface area contributed by atoms with Crippen LogP contribution in [0.5, 0.6) is 0 Å². The van der Waals surface area contributed by atoms with Crippen LogP contribution in [-0.2, 0) is 10.0 Å². The molecule has 2 amide bonds. The van der Waals surface area contributed by atoms with Crippen LogP contribution in [-0.4, -0.2) is 45.3 Å². The number of nitrogens with one attached hydrogen (secondary N) is 1. The fraction of sp³-hybridized carbons (Fsp3) is 0.231. The van der Waals surface area contributed by atoms with E-state index in [0.717, 1.165) is 31.5 Å². The Hall–Kier alpha value is -3.65. The highest BCUT2D eigenvalue weighted by atomic mass is 32.2. The summed E-state index contributed by atoms with van der Waals surface area (Å²) in [5.41, 5.74) is 2.86. The van der Waals surface area contributed by atoms with E-state index in [2.05, 4.69) is 5.32 Å². The van der Waals surface area contributed by atoms with E-state index in [-0.39, 0.29) is 16.7 Å². The Morgan fingerprint density at radius 3 is 2.18 bits per heavy atom. The van der Waals surface area contributed by atoms with Gasteiger partial charge in [-0.05, 0) is 74.4 Å². The number of rotatable bonds is 6. The molecule has 0 aromatic heterocycles. The predicted molar refractivity (Wildman–Crippen MR) is 133 cm³/mol. The molecule has 1 N–H and O–H groups in total. The number of aryl methyl sites for hydroxylation is 1. The summed E-state index contributed by atoms with van der Waals surface area (Å²) in [6.45, 7) is 3.41. The highest BCUT2D eigenvalue weighted by molar-refractivity contribution is 7.92. The number of sulfonamides is 1. The lowest BCUT2D eigenvalue weighted by Crippen LogP contribution is -2.27. The Balaban J connectivity index is 1.46. The minimum Gasteiger partial charge on any atom is -0.339 e. The Morgan fingerprint density at radius 1 is 0.882 bits per heavy atom. The predicted octanol–water partition coefficient (Wildman–Crippen LogP) is 4.31. The summed E-state index contributed by atoms with van der Waals surface area (Å²) in [5.74, 6) is -0.378. The zero-order chi connectivity index (χ0) is 24.3. The topological polar surface area (TPSA) is 86.8 Å². The molecule has 1 aliphatic heterocycles. The molecule has 0 spiro atoms. The molecule has 1 saturated heterocycles. The van der Waals surface area contributed by atoms with Crippen LogP contribution in [0.1, 0.15) is 39.1 Å². The highest BCUT2D eigenvalue weighted by Gasteiger charge is 2.22. The van der Waals surface area contributed by atoms with Gasteiger partial charge in [0.15, 0.2) is 0 Å². The molecule has 0 atom stereocenters. The SMILES string of the molecule is Cc1ccc(S(=O)(=O)N(C)c2ccc(C(=O)Nc3cccc(C(=O)N4CCCC4)c3)cc2)cc1. The summed E-state index contributed by atoms with van der Waals surface area (Å²) in [4.78, 5) is 27.4. The largest absolute Gasteiger partial charge is 0.339 e. The smallest absolute Gasteiger partial charge is 0.264 e. The fourth-order valence-electron chi connectivity index (χ4n) is 3.87. The molecule has 1 fully saturated rings. The molecule has 0 unspecified atom stereocenters. The maximum atomic E-state index is 12.9. The van der Waals surface area contributed by atoms with Gasteiger partial charge < -0.3 is 10.2 Å². The normalized spacial score (nSPS) is 13.5. The lowest BCUT2D eigenvalue weighted by atomic mass is 10.1. The molecule has 0 bridgehead atoms. The van der Waals surface area contributed by atoms with Gasteiger partial charge in [0.05, 0.1) is 10.6 Å². The summed E-state index contributed by atoms with van der Waals surface area (Å²) in [7, 11) is -2.23. The van der Waals surface area contributed by atoms with Crippen LogP contribution in [0.3, 0.4) is 0 Å². The summed E-state index contributed by atoms with van der Waals surface area (Å²) in [6.07, 6.45) is 2.03. The van der Waals surface area contributed by atoms with Gasteiger partial charge in [-0.15, -0.1) is 0 Å². The van der Waals surface area contributed by atoms with E-state index in [9.17, 15) is 18.0 Å². The minimum atomic E-state index is -3.71. The van der Waals surface area contributed by atoms with E-state index in [1.165, 1.54) is 11.4 Å². The molecule has 0 saturated carbocycles. The summed E-state index contributed by atoms with van der Waals surface area (Å²) >= 11 is 0. The average Bonchev–Trinajstić information content (AvgIpc) is 3.39. The molecule has 34 heavy (non-hydrogen) atoms. The summed E-state index contributed by atoms with van der Waals surface area (Å²) in [6, 6.07) is 19.9. The molecule has 7 nitrogen and oxygen atoms in total. The van der Waals surface area contributed by atoms with Crippen molar-refractivity contribution in [2.75, 3.05) is 29.8 Å². The van der Waals surface area contributed by atoms with Gasteiger partial charge >= 0.3 is 0 Å². The first-order chi connectivity index (χ1) is 16.3. The van der Waals surface area contributed by atoms with Gasteiger partial charge in [0.25, 0.3) is 21.8 Å². The minimum absolute atomic E-state index is 0.0317.